The minimum absolute atomic E-state index is 0.0481. The summed E-state index contributed by atoms with van der Waals surface area (Å²) in [6.07, 6.45) is 8.42. The van der Waals surface area contributed by atoms with Gasteiger partial charge in [-0.1, -0.05) is 38.3 Å². The number of hydrogen-bond acceptors (Lipinski definition) is 1. The average molecular weight is 252 g/mol. The van der Waals surface area contributed by atoms with E-state index in [0.717, 1.165) is 35.5 Å². The van der Waals surface area contributed by atoms with Crippen molar-refractivity contribution in [2.75, 3.05) is 0 Å². The van der Waals surface area contributed by atoms with E-state index in [2.05, 4.69) is 56.8 Å². The highest BCUT2D eigenvalue weighted by molar-refractivity contribution is 5.87. The summed E-state index contributed by atoms with van der Waals surface area (Å²) in [7, 11) is 2.08. The second-order valence-electron chi connectivity index (χ2n) is 5.64. The molecule has 2 heteroatoms. The first-order chi connectivity index (χ1) is 9.00. The van der Waals surface area contributed by atoms with Crippen LogP contribution in [0.2, 0.25) is 0 Å². The van der Waals surface area contributed by atoms with Crippen molar-refractivity contribution in [3.05, 3.63) is 59.7 Å². The van der Waals surface area contributed by atoms with Crippen LogP contribution in [-0.2, 0) is 18.9 Å². The molecule has 0 bridgehead atoms. The summed E-state index contributed by atoms with van der Waals surface area (Å²) in [4.78, 5) is 4.90. The molecular formula is C17H20N2. The third-order valence-electron chi connectivity index (χ3n) is 4.52. The molecule has 3 rings (SSSR count). The van der Waals surface area contributed by atoms with Crippen molar-refractivity contribution in [1.82, 2.24) is 9.55 Å². The number of imidazole rings is 1. The maximum Gasteiger partial charge on any atom is 0.108 e. The van der Waals surface area contributed by atoms with Crippen molar-refractivity contribution in [3.63, 3.8) is 0 Å². The highest BCUT2D eigenvalue weighted by Crippen LogP contribution is 2.50. The summed E-state index contributed by atoms with van der Waals surface area (Å²) in [5.74, 6) is 1.12. The first kappa shape index (κ1) is 12.2. The number of aromatic nitrogens is 2. The van der Waals surface area contributed by atoms with Crippen LogP contribution in [0.5, 0.6) is 0 Å². The third kappa shape index (κ3) is 1.40. The number of rotatable bonds is 1. The fourth-order valence-corrected chi connectivity index (χ4v) is 3.32. The molecule has 0 aliphatic heterocycles. The Bertz CT molecular complexity index is 655. The molecule has 2 aliphatic carbocycles. The topological polar surface area (TPSA) is 17.8 Å². The van der Waals surface area contributed by atoms with Crippen LogP contribution in [0.25, 0.3) is 5.57 Å². The number of aryl methyl sites for hydroxylation is 1. The minimum atomic E-state index is -0.0481. The molecule has 1 aromatic heterocycles. The zero-order valence-corrected chi connectivity index (χ0v) is 12.0. The second kappa shape index (κ2) is 3.83. The molecule has 19 heavy (non-hydrogen) atoms. The fourth-order valence-electron chi connectivity index (χ4n) is 3.32. The molecular weight excluding hydrogens is 232 g/mol. The third-order valence-corrected chi connectivity index (χ3v) is 4.52. The lowest BCUT2D eigenvalue weighted by Crippen LogP contribution is -2.32. The standard InChI is InChI=1S/C17H20N2/c1-6-14-18-16-15(19(14)5)12(3)11(2)13-9-7-8-10-17(13,16)4/h7-9H,2-3,6,10H2,1,4-5H3. The Morgan fingerprint density at radius 3 is 2.79 bits per heavy atom. The summed E-state index contributed by atoms with van der Waals surface area (Å²) in [5.41, 5.74) is 5.63. The van der Waals surface area contributed by atoms with Gasteiger partial charge in [-0.05, 0) is 30.1 Å². The SMILES string of the molecule is C=C1C(=C)c2c(nc(CC)n2C)C2(C)CC=CC=C12. The van der Waals surface area contributed by atoms with E-state index in [1.54, 1.807) is 0 Å². The predicted molar refractivity (Wildman–Crippen MR) is 80.0 cm³/mol. The van der Waals surface area contributed by atoms with E-state index in [1.165, 1.54) is 11.3 Å². The molecule has 0 radical (unpaired) electrons. The van der Waals surface area contributed by atoms with E-state index >= 15 is 0 Å². The van der Waals surface area contributed by atoms with E-state index < -0.39 is 0 Å². The van der Waals surface area contributed by atoms with Crippen molar-refractivity contribution in [2.45, 2.75) is 32.1 Å². The predicted octanol–water partition coefficient (Wildman–Crippen LogP) is 3.71. The van der Waals surface area contributed by atoms with Crippen molar-refractivity contribution < 1.29 is 0 Å². The maximum atomic E-state index is 4.90. The zero-order chi connectivity index (χ0) is 13.8. The lowest BCUT2D eigenvalue weighted by molar-refractivity contribution is 0.544. The number of hydrogen-bond donors (Lipinski definition) is 0. The van der Waals surface area contributed by atoms with Crippen molar-refractivity contribution in [2.24, 2.45) is 7.05 Å². The van der Waals surface area contributed by atoms with Crippen LogP contribution in [0.1, 0.15) is 37.5 Å². The second-order valence-corrected chi connectivity index (χ2v) is 5.64. The van der Waals surface area contributed by atoms with Crippen molar-refractivity contribution in [1.29, 1.82) is 0 Å². The van der Waals surface area contributed by atoms with E-state index in [4.69, 9.17) is 4.98 Å². The Hall–Kier alpha value is -1.83. The molecule has 0 amide bonds. The molecule has 1 unspecified atom stereocenters. The molecule has 2 aliphatic rings. The van der Waals surface area contributed by atoms with E-state index in [0.29, 0.717) is 0 Å². The quantitative estimate of drug-likeness (QED) is 0.745. The number of allylic oxidation sites excluding steroid dienone is 6. The lowest BCUT2D eigenvalue weighted by atomic mass is 9.65. The largest absolute Gasteiger partial charge is 0.331 e. The number of nitrogens with zero attached hydrogens (tertiary/aromatic N) is 2. The van der Waals surface area contributed by atoms with E-state index in [-0.39, 0.29) is 5.41 Å². The first-order valence-corrected chi connectivity index (χ1v) is 6.83. The van der Waals surface area contributed by atoms with Gasteiger partial charge in [0.15, 0.2) is 0 Å². The van der Waals surface area contributed by atoms with Crippen LogP contribution in [0.3, 0.4) is 0 Å². The van der Waals surface area contributed by atoms with Crippen LogP contribution in [0.4, 0.5) is 0 Å². The van der Waals surface area contributed by atoms with Gasteiger partial charge in [0.1, 0.15) is 5.82 Å². The highest BCUT2D eigenvalue weighted by atomic mass is 15.1. The van der Waals surface area contributed by atoms with E-state index in [9.17, 15) is 0 Å². The van der Waals surface area contributed by atoms with Gasteiger partial charge in [0.05, 0.1) is 11.4 Å². The van der Waals surface area contributed by atoms with Gasteiger partial charge in [0, 0.05) is 18.9 Å². The molecule has 2 nitrogen and oxygen atoms in total. The normalized spacial score (nSPS) is 25.1. The molecule has 1 heterocycles. The molecule has 0 fully saturated rings. The van der Waals surface area contributed by atoms with E-state index in [1.807, 2.05) is 0 Å². The van der Waals surface area contributed by atoms with Crippen molar-refractivity contribution >= 4 is 5.57 Å². The van der Waals surface area contributed by atoms with Crippen LogP contribution in [0.15, 0.2) is 42.5 Å². The van der Waals surface area contributed by atoms with Gasteiger partial charge in [-0.25, -0.2) is 4.98 Å². The highest BCUT2D eigenvalue weighted by Gasteiger charge is 2.43. The van der Waals surface area contributed by atoms with Gasteiger partial charge in [0.2, 0.25) is 0 Å². The Kier molecular flexibility index (Phi) is 2.46. The van der Waals surface area contributed by atoms with Gasteiger partial charge in [-0.15, -0.1) is 0 Å². The summed E-state index contributed by atoms with van der Waals surface area (Å²) in [6.45, 7) is 12.9. The summed E-state index contributed by atoms with van der Waals surface area (Å²) in [6, 6.07) is 0. The summed E-state index contributed by atoms with van der Waals surface area (Å²) < 4.78 is 2.18. The molecule has 1 aromatic rings. The lowest BCUT2D eigenvalue weighted by Gasteiger charge is -2.38. The summed E-state index contributed by atoms with van der Waals surface area (Å²) in [5, 5.41) is 0. The monoisotopic (exact) mass is 252 g/mol. The smallest absolute Gasteiger partial charge is 0.108 e. The van der Waals surface area contributed by atoms with Gasteiger partial charge < -0.3 is 4.57 Å². The Balaban J connectivity index is 2.34. The van der Waals surface area contributed by atoms with Crippen LogP contribution < -0.4 is 0 Å². The molecule has 0 N–H and O–H groups in total. The van der Waals surface area contributed by atoms with Gasteiger partial charge >= 0.3 is 0 Å². The molecule has 0 saturated heterocycles. The molecule has 0 saturated carbocycles. The molecule has 98 valence electrons. The maximum absolute atomic E-state index is 4.90. The Labute approximate surface area is 114 Å². The van der Waals surface area contributed by atoms with Gasteiger partial charge in [-0.2, -0.15) is 0 Å². The molecule has 1 atom stereocenters. The number of fused-ring (bicyclic) bond motifs is 3. The van der Waals surface area contributed by atoms with Crippen LogP contribution in [0, 0.1) is 0 Å². The van der Waals surface area contributed by atoms with Gasteiger partial charge in [0.25, 0.3) is 0 Å². The fraction of sp³-hybridized carbons (Fsp3) is 0.353. The summed E-state index contributed by atoms with van der Waals surface area (Å²) >= 11 is 0. The molecule has 0 aromatic carbocycles. The minimum Gasteiger partial charge on any atom is -0.331 e. The Morgan fingerprint density at radius 2 is 2.11 bits per heavy atom. The average Bonchev–Trinajstić information content (AvgIpc) is 2.74. The zero-order valence-electron chi connectivity index (χ0n) is 12.0. The first-order valence-electron chi connectivity index (χ1n) is 6.83. The van der Waals surface area contributed by atoms with Crippen molar-refractivity contribution in [3.8, 4) is 0 Å². The van der Waals surface area contributed by atoms with Crippen LogP contribution >= 0.6 is 0 Å². The molecule has 0 spiro atoms. The van der Waals surface area contributed by atoms with Crippen LogP contribution in [-0.4, -0.2) is 9.55 Å². The Morgan fingerprint density at radius 1 is 1.37 bits per heavy atom. The van der Waals surface area contributed by atoms with Gasteiger partial charge in [-0.3, -0.25) is 0 Å².